The van der Waals surface area contributed by atoms with Crippen LogP contribution in [0.5, 0.6) is 17.2 Å². The average molecular weight is 519 g/mol. The van der Waals surface area contributed by atoms with Crippen molar-refractivity contribution >= 4 is 17.7 Å². The van der Waals surface area contributed by atoms with Gasteiger partial charge in [0, 0.05) is 25.9 Å². The molecular weight excluding hydrogens is 495 g/mol. The van der Waals surface area contributed by atoms with Crippen molar-refractivity contribution in [3.05, 3.63) is 77.1 Å². The van der Waals surface area contributed by atoms with E-state index in [1.807, 2.05) is 0 Å². The van der Waals surface area contributed by atoms with Gasteiger partial charge >= 0.3 is 18.2 Å². The Labute approximate surface area is 210 Å². The number of carbonyl (C=O) groups is 2. The summed E-state index contributed by atoms with van der Waals surface area (Å²) < 4.78 is 55.5. The number of benzene rings is 2. The van der Waals surface area contributed by atoms with Gasteiger partial charge in [-0.05, 0) is 48.4 Å². The molecule has 37 heavy (non-hydrogen) atoms. The second-order valence-electron chi connectivity index (χ2n) is 7.74. The number of carboxylic acid groups (broad SMARTS) is 1. The Morgan fingerprint density at radius 1 is 1.03 bits per heavy atom. The zero-order valence-corrected chi connectivity index (χ0v) is 19.9. The van der Waals surface area contributed by atoms with Crippen LogP contribution in [-0.2, 0) is 17.5 Å². The van der Waals surface area contributed by atoms with Crippen LogP contribution in [0.3, 0.4) is 0 Å². The van der Waals surface area contributed by atoms with Crippen LogP contribution in [0, 0.1) is 6.92 Å². The van der Waals surface area contributed by atoms with E-state index in [0.717, 1.165) is 18.2 Å². The number of urea groups is 1. The van der Waals surface area contributed by atoms with Gasteiger partial charge in [-0.25, -0.2) is 14.6 Å². The number of carboxylic acids is 1. The number of ether oxygens (including phenoxy) is 3. The van der Waals surface area contributed by atoms with Crippen molar-refractivity contribution in [3.63, 3.8) is 0 Å². The summed E-state index contributed by atoms with van der Waals surface area (Å²) in [4.78, 5) is 27.3. The number of aromatic nitrogens is 1. The number of aryl methyl sites for hydroxylation is 1. The van der Waals surface area contributed by atoms with Crippen LogP contribution in [0.15, 0.2) is 54.7 Å². The van der Waals surface area contributed by atoms with Crippen molar-refractivity contribution in [2.45, 2.75) is 19.6 Å². The fourth-order valence-electron chi connectivity index (χ4n) is 3.17. The van der Waals surface area contributed by atoms with Crippen LogP contribution >= 0.6 is 0 Å². The van der Waals surface area contributed by atoms with Crippen molar-refractivity contribution in [2.24, 2.45) is 0 Å². The summed E-state index contributed by atoms with van der Waals surface area (Å²) in [5, 5.41) is 14.0. The summed E-state index contributed by atoms with van der Waals surface area (Å²) in [5.74, 6) is -0.344. The van der Waals surface area contributed by atoms with E-state index in [1.54, 1.807) is 25.1 Å². The van der Waals surface area contributed by atoms with Gasteiger partial charge in [-0.2, -0.15) is 13.2 Å². The van der Waals surface area contributed by atoms with Gasteiger partial charge in [0.05, 0.1) is 17.9 Å². The zero-order chi connectivity index (χ0) is 27.0. The first-order valence-electron chi connectivity index (χ1n) is 10.9. The molecule has 1 aromatic heterocycles. The summed E-state index contributed by atoms with van der Waals surface area (Å²) in [6, 6.07) is 9.97. The Morgan fingerprint density at radius 3 is 2.46 bits per heavy atom. The van der Waals surface area contributed by atoms with Gasteiger partial charge in [0.1, 0.15) is 23.9 Å². The lowest BCUT2D eigenvalue weighted by molar-refractivity contribution is -0.137. The second-order valence-corrected chi connectivity index (χ2v) is 7.74. The fourth-order valence-corrected chi connectivity index (χ4v) is 3.17. The molecule has 3 rings (SSSR count). The van der Waals surface area contributed by atoms with E-state index in [9.17, 15) is 22.8 Å². The molecule has 0 saturated carbocycles. The van der Waals surface area contributed by atoms with E-state index < -0.39 is 23.7 Å². The van der Waals surface area contributed by atoms with Gasteiger partial charge in [0.15, 0.2) is 5.69 Å². The molecule has 12 heteroatoms. The van der Waals surface area contributed by atoms with Crippen LogP contribution in [0.4, 0.5) is 23.7 Å². The number of carbonyl (C=O) groups excluding carboxylic acids is 1. The quantitative estimate of drug-likeness (QED) is 0.313. The molecule has 0 aliphatic heterocycles. The Balaban J connectivity index is 1.65. The lowest BCUT2D eigenvalue weighted by atomic mass is 10.1. The maximum absolute atomic E-state index is 13.1. The number of methoxy groups -OCH3 is 1. The van der Waals surface area contributed by atoms with Crippen molar-refractivity contribution in [1.29, 1.82) is 0 Å². The predicted molar refractivity (Wildman–Crippen MR) is 127 cm³/mol. The number of alkyl halides is 3. The highest BCUT2D eigenvalue weighted by molar-refractivity contribution is 5.91. The number of hydrogen-bond donors (Lipinski definition) is 3. The summed E-state index contributed by atoms with van der Waals surface area (Å²) >= 11 is 0. The third kappa shape index (κ3) is 7.84. The van der Waals surface area contributed by atoms with Gasteiger partial charge in [0.25, 0.3) is 0 Å². The van der Waals surface area contributed by atoms with Crippen LogP contribution in [-0.4, -0.2) is 42.4 Å². The number of aromatic carboxylic acids is 1. The molecule has 9 nitrogen and oxygen atoms in total. The maximum Gasteiger partial charge on any atom is 0.416 e. The zero-order valence-electron chi connectivity index (χ0n) is 19.9. The second kappa shape index (κ2) is 12.1. The smallest absolute Gasteiger partial charge is 0.416 e. The van der Waals surface area contributed by atoms with Gasteiger partial charge in [-0.1, -0.05) is 12.1 Å². The molecule has 0 bridgehead atoms. The molecule has 1 heterocycles. The van der Waals surface area contributed by atoms with E-state index >= 15 is 0 Å². The molecule has 0 aliphatic carbocycles. The lowest BCUT2D eigenvalue weighted by Crippen LogP contribution is -2.28. The summed E-state index contributed by atoms with van der Waals surface area (Å²) in [6.45, 7) is 2.14. The molecule has 3 aromatic rings. The van der Waals surface area contributed by atoms with Gasteiger partial charge in [-0.15, -0.1) is 0 Å². The Hall–Kier alpha value is -4.32. The van der Waals surface area contributed by atoms with Crippen molar-refractivity contribution in [3.8, 4) is 17.2 Å². The molecule has 2 amide bonds. The van der Waals surface area contributed by atoms with Crippen molar-refractivity contribution in [1.82, 2.24) is 10.3 Å². The Morgan fingerprint density at radius 2 is 1.78 bits per heavy atom. The first-order chi connectivity index (χ1) is 17.6. The number of nitrogens with one attached hydrogen (secondary N) is 2. The first kappa shape index (κ1) is 27.3. The highest BCUT2D eigenvalue weighted by Crippen LogP contribution is 2.35. The van der Waals surface area contributed by atoms with Crippen LogP contribution < -0.4 is 20.1 Å². The minimum Gasteiger partial charge on any atom is -0.489 e. The standard InChI is InChI=1S/C25H24F3N3O6/c1-15-11-16(3-5-21(15)37-18-7-8-29-20(13-18)23(32)33)14-30-24(34)31-19-12-17(25(26,27)28)4-6-22(19)36-10-9-35-2/h3-8,11-13H,9-10,14H2,1-2H3,(H,32,33)(H2,30,31,34). The highest BCUT2D eigenvalue weighted by atomic mass is 19.4. The summed E-state index contributed by atoms with van der Waals surface area (Å²) in [6.07, 6.45) is -3.27. The minimum absolute atomic E-state index is 0.0692. The van der Waals surface area contributed by atoms with Gasteiger partial charge in [-0.3, -0.25) is 0 Å². The number of pyridine rings is 1. The molecule has 0 fully saturated rings. The van der Waals surface area contributed by atoms with Crippen LogP contribution in [0.2, 0.25) is 0 Å². The normalized spacial score (nSPS) is 11.1. The highest BCUT2D eigenvalue weighted by Gasteiger charge is 2.31. The molecule has 0 radical (unpaired) electrons. The van der Waals surface area contributed by atoms with Gasteiger partial charge < -0.3 is 30.0 Å². The van der Waals surface area contributed by atoms with Crippen LogP contribution in [0.1, 0.15) is 27.2 Å². The maximum atomic E-state index is 13.1. The molecule has 0 saturated heterocycles. The van der Waals surface area contributed by atoms with E-state index in [2.05, 4.69) is 15.6 Å². The molecule has 0 aliphatic rings. The molecule has 0 spiro atoms. The summed E-state index contributed by atoms with van der Waals surface area (Å²) in [7, 11) is 1.46. The third-order valence-electron chi connectivity index (χ3n) is 4.97. The summed E-state index contributed by atoms with van der Waals surface area (Å²) in [5.41, 5.74) is 0.177. The number of rotatable bonds is 10. The minimum atomic E-state index is -4.59. The average Bonchev–Trinajstić information content (AvgIpc) is 2.85. The fraction of sp³-hybridized carbons (Fsp3) is 0.240. The van der Waals surface area contributed by atoms with E-state index in [4.69, 9.17) is 19.3 Å². The predicted octanol–water partition coefficient (Wildman–Crippen LogP) is 5.25. The number of hydrogen-bond acceptors (Lipinski definition) is 6. The van der Waals surface area contributed by atoms with Crippen LogP contribution in [0.25, 0.3) is 0 Å². The number of amides is 2. The van der Waals surface area contributed by atoms with E-state index in [1.165, 1.54) is 25.4 Å². The largest absolute Gasteiger partial charge is 0.489 e. The van der Waals surface area contributed by atoms with Crippen molar-refractivity contribution < 1.29 is 42.1 Å². The van der Waals surface area contributed by atoms with Gasteiger partial charge in [0.2, 0.25) is 0 Å². The molecule has 2 aromatic carbocycles. The SMILES string of the molecule is COCCOc1ccc(C(F)(F)F)cc1NC(=O)NCc1ccc(Oc2ccnc(C(=O)O)c2)c(C)c1. The van der Waals surface area contributed by atoms with E-state index in [0.29, 0.717) is 22.6 Å². The topological polar surface area (TPSA) is 119 Å². The first-order valence-corrected chi connectivity index (χ1v) is 10.9. The number of halogens is 3. The number of nitrogens with zero attached hydrogens (tertiary/aromatic N) is 1. The Kier molecular flexibility index (Phi) is 8.90. The van der Waals surface area contributed by atoms with Crippen molar-refractivity contribution in [2.75, 3.05) is 25.6 Å². The molecule has 0 unspecified atom stereocenters. The lowest BCUT2D eigenvalue weighted by Gasteiger charge is -2.16. The molecular formula is C25H24F3N3O6. The monoisotopic (exact) mass is 519 g/mol. The molecule has 196 valence electrons. The molecule has 0 atom stereocenters. The Bertz CT molecular complexity index is 1270. The third-order valence-corrected chi connectivity index (χ3v) is 4.97. The number of anilines is 1. The van der Waals surface area contributed by atoms with E-state index in [-0.39, 0.29) is 36.9 Å². The molecule has 3 N–H and O–H groups in total.